The Bertz CT molecular complexity index is 973. The maximum atomic E-state index is 12.4. The van der Waals surface area contributed by atoms with Crippen molar-refractivity contribution in [1.29, 1.82) is 10.5 Å². The van der Waals surface area contributed by atoms with Crippen molar-refractivity contribution in [1.82, 2.24) is 0 Å². The smallest absolute Gasteiger partial charge is 0.266 e. The molecule has 0 saturated heterocycles. The van der Waals surface area contributed by atoms with Gasteiger partial charge < -0.3 is 19.5 Å². The van der Waals surface area contributed by atoms with Crippen LogP contribution in [0.15, 0.2) is 42.0 Å². The van der Waals surface area contributed by atoms with Crippen molar-refractivity contribution in [2.75, 3.05) is 26.1 Å². The minimum atomic E-state index is -0.536. The number of rotatable bonds is 7. The van der Waals surface area contributed by atoms with Crippen molar-refractivity contribution >= 4 is 40.3 Å². The molecule has 142 valence electrons. The molecule has 0 fully saturated rings. The van der Waals surface area contributed by atoms with Gasteiger partial charge >= 0.3 is 0 Å². The summed E-state index contributed by atoms with van der Waals surface area (Å²) in [7, 11) is 3.02. The minimum Gasteiger partial charge on any atom is -0.497 e. The van der Waals surface area contributed by atoms with Gasteiger partial charge in [0.25, 0.3) is 5.91 Å². The summed E-state index contributed by atoms with van der Waals surface area (Å²) in [6, 6.07) is 13.9. The third kappa shape index (κ3) is 5.38. The second-order valence-corrected chi connectivity index (χ2v) is 6.50. The lowest BCUT2D eigenvalue weighted by atomic mass is 10.1. The molecule has 0 aliphatic heterocycles. The molecule has 2 aromatic rings. The van der Waals surface area contributed by atoms with Crippen LogP contribution < -0.4 is 19.5 Å². The number of halogens is 1. The Kier molecular flexibility index (Phi) is 7.66. The van der Waals surface area contributed by atoms with Crippen LogP contribution in [0, 0.1) is 26.2 Å². The first-order valence-electron chi connectivity index (χ1n) is 7.96. The van der Waals surface area contributed by atoms with Crippen molar-refractivity contribution in [3.63, 3.8) is 0 Å². The van der Waals surface area contributed by atoms with Gasteiger partial charge in [0.05, 0.1) is 17.8 Å². The van der Waals surface area contributed by atoms with E-state index in [-0.39, 0.29) is 12.2 Å². The molecule has 2 rings (SSSR count). The van der Waals surface area contributed by atoms with E-state index in [1.165, 1.54) is 13.2 Å². The molecule has 7 nitrogen and oxygen atoms in total. The Balaban J connectivity index is 2.27. The monoisotopic (exact) mass is 489 g/mol. The normalized spacial score (nSPS) is 10.4. The summed E-state index contributed by atoms with van der Waals surface area (Å²) in [4.78, 5) is 12.4. The first-order valence-corrected chi connectivity index (χ1v) is 9.04. The summed E-state index contributed by atoms with van der Waals surface area (Å²) in [6.07, 6.45) is 1.46. The quantitative estimate of drug-likeness (QED) is 0.361. The van der Waals surface area contributed by atoms with Gasteiger partial charge in [-0.3, -0.25) is 4.79 Å². The van der Waals surface area contributed by atoms with Crippen LogP contribution in [0.1, 0.15) is 5.56 Å². The van der Waals surface area contributed by atoms with Crippen LogP contribution in [0.3, 0.4) is 0 Å². The second-order valence-electron chi connectivity index (χ2n) is 5.33. The highest BCUT2D eigenvalue weighted by Gasteiger charge is 2.14. The summed E-state index contributed by atoms with van der Waals surface area (Å²) in [5.74, 6) is 0.963. The number of amides is 1. The van der Waals surface area contributed by atoms with Gasteiger partial charge in [0.1, 0.15) is 23.5 Å². The fraction of sp³-hybridized carbons (Fsp3) is 0.150. The number of methoxy groups -OCH3 is 2. The zero-order chi connectivity index (χ0) is 20.5. The van der Waals surface area contributed by atoms with Crippen LogP contribution in [-0.4, -0.2) is 26.7 Å². The van der Waals surface area contributed by atoms with Crippen molar-refractivity contribution in [3.05, 3.63) is 51.1 Å². The lowest BCUT2D eigenvalue weighted by Crippen LogP contribution is -2.13. The second kappa shape index (κ2) is 10.2. The molecule has 1 N–H and O–H groups in total. The molecule has 0 aromatic heterocycles. The predicted molar refractivity (Wildman–Crippen MR) is 112 cm³/mol. The highest BCUT2D eigenvalue weighted by Crippen LogP contribution is 2.34. The van der Waals surface area contributed by atoms with Gasteiger partial charge in [-0.1, -0.05) is 0 Å². The molecule has 0 aliphatic rings. The van der Waals surface area contributed by atoms with Crippen LogP contribution in [0.4, 0.5) is 5.69 Å². The van der Waals surface area contributed by atoms with Gasteiger partial charge in [-0.05, 0) is 70.6 Å². The standard InChI is InChI=1S/C20H16IN3O4/c1-26-16-5-3-15(4-6-16)24-20(25)14(12-23)9-13-10-17(21)19(28-8-7-22)18(11-13)27-2/h3-6,9-11H,8H2,1-2H3,(H,24,25)/b14-9-. The molecular formula is C20H16IN3O4. The third-order valence-corrected chi connectivity index (χ3v) is 4.36. The van der Waals surface area contributed by atoms with E-state index in [1.807, 2.05) is 34.7 Å². The number of nitrogens with one attached hydrogen (secondary N) is 1. The van der Waals surface area contributed by atoms with Crippen LogP contribution in [-0.2, 0) is 4.79 Å². The number of hydrogen-bond acceptors (Lipinski definition) is 6. The molecule has 0 spiro atoms. The van der Waals surface area contributed by atoms with Crippen LogP contribution in [0.25, 0.3) is 6.08 Å². The Hall–Kier alpha value is -3.24. The zero-order valence-electron chi connectivity index (χ0n) is 15.2. The molecule has 8 heteroatoms. The fourth-order valence-electron chi connectivity index (χ4n) is 2.26. The lowest BCUT2D eigenvalue weighted by Gasteiger charge is -2.12. The highest BCUT2D eigenvalue weighted by atomic mass is 127. The Labute approximate surface area is 176 Å². The minimum absolute atomic E-state index is 0.0700. The number of benzene rings is 2. The van der Waals surface area contributed by atoms with Crippen molar-refractivity contribution in [2.45, 2.75) is 0 Å². The molecule has 0 saturated carbocycles. The Morgan fingerprint density at radius 1 is 1.18 bits per heavy atom. The number of ether oxygens (including phenoxy) is 3. The molecular weight excluding hydrogens is 473 g/mol. The summed E-state index contributed by atoms with van der Waals surface area (Å²) in [5, 5.41) is 20.7. The van der Waals surface area contributed by atoms with E-state index in [2.05, 4.69) is 5.32 Å². The van der Waals surface area contributed by atoms with E-state index >= 15 is 0 Å². The largest absolute Gasteiger partial charge is 0.497 e. The molecule has 1 amide bonds. The number of carbonyl (C=O) groups is 1. The van der Waals surface area contributed by atoms with Crippen LogP contribution >= 0.6 is 22.6 Å². The van der Waals surface area contributed by atoms with Gasteiger partial charge in [-0.2, -0.15) is 10.5 Å². The molecule has 0 aliphatic carbocycles. The number of carbonyl (C=O) groups excluding carboxylic acids is 1. The average molecular weight is 489 g/mol. The fourth-order valence-corrected chi connectivity index (χ4v) is 3.04. The summed E-state index contributed by atoms with van der Waals surface area (Å²) >= 11 is 2.04. The molecule has 0 radical (unpaired) electrons. The maximum Gasteiger partial charge on any atom is 0.266 e. The molecule has 0 unspecified atom stereocenters. The van der Waals surface area contributed by atoms with E-state index < -0.39 is 5.91 Å². The van der Waals surface area contributed by atoms with Crippen molar-refractivity contribution in [2.24, 2.45) is 0 Å². The Morgan fingerprint density at radius 3 is 2.46 bits per heavy atom. The molecule has 0 bridgehead atoms. The van der Waals surface area contributed by atoms with E-state index in [0.717, 1.165) is 0 Å². The molecule has 0 heterocycles. The predicted octanol–water partition coefficient (Wildman–Crippen LogP) is 3.76. The zero-order valence-corrected chi connectivity index (χ0v) is 17.3. The summed E-state index contributed by atoms with van der Waals surface area (Å²) < 4.78 is 16.4. The van der Waals surface area contributed by atoms with Crippen molar-refractivity contribution < 1.29 is 19.0 Å². The van der Waals surface area contributed by atoms with E-state index in [0.29, 0.717) is 32.1 Å². The first-order chi connectivity index (χ1) is 13.5. The highest BCUT2D eigenvalue weighted by molar-refractivity contribution is 14.1. The van der Waals surface area contributed by atoms with Gasteiger partial charge in [-0.25, -0.2) is 0 Å². The van der Waals surface area contributed by atoms with E-state index in [9.17, 15) is 10.1 Å². The van der Waals surface area contributed by atoms with Gasteiger partial charge in [-0.15, -0.1) is 0 Å². The number of nitriles is 2. The Morgan fingerprint density at radius 2 is 1.89 bits per heavy atom. The number of hydrogen-bond donors (Lipinski definition) is 1. The first kappa shape index (κ1) is 21.1. The third-order valence-electron chi connectivity index (χ3n) is 3.56. The topological polar surface area (TPSA) is 104 Å². The van der Waals surface area contributed by atoms with E-state index in [1.54, 1.807) is 43.5 Å². The van der Waals surface area contributed by atoms with Crippen LogP contribution in [0.2, 0.25) is 0 Å². The number of nitrogens with zero attached hydrogens (tertiary/aromatic N) is 2. The van der Waals surface area contributed by atoms with E-state index in [4.69, 9.17) is 19.5 Å². The molecule has 2 aromatic carbocycles. The number of anilines is 1. The molecule has 28 heavy (non-hydrogen) atoms. The molecule has 0 atom stereocenters. The van der Waals surface area contributed by atoms with Gasteiger partial charge in [0.2, 0.25) is 0 Å². The van der Waals surface area contributed by atoms with Gasteiger partial charge in [0.15, 0.2) is 18.1 Å². The summed E-state index contributed by atoms with van der Waals surface area (Å²) in [5.41, 5.74) is 1.06. The summed E-state index contributed by atoms with van der Waals surface area (Å²) in [6.45, 7) is -0.116. The lowest BCUT2D eigenvalue weighted by molar-refractivity contribution is -0.112. The SMILES string of the molecule is COc1ccc(NC(=O)/C(C#N)=C\c2cc(I)c(OCC#N)c(OC)c2)cc1. The van der Waals surface area contributed by atoms with Gasteiger partial charge in [0, 0.05) is 5.69 Å². The van der Waals surface area contributed by atoms with Crippen LogP contribution in [0.5, 0.6) is 17.2 Å². The average Bonchev–Trinajstić information content (AvgIpc) is 2.71. The van der Waals surface area contributed by atoms with Crippen molar-refractivity contribution in [3.8, 4) is 29.4 Å². The maximum absolute atomic E-state index is 12.4.